The zero-order valence-corrected chi connectivity index (χ0v) is 10.1. The van der Waals surface area contributed by atoms with Crippen LogP contribution in [-0.4, -0.2) is 43.5 Å². The van der Waals surface area contributed by atoms with Crippen LogP contribution in [0, 0.1) is 11.3 Å². The SMILES string of the molecule is CN(C)C(=O)CN(C)c1ncc(C#N)cc1N. The molecule has 0 radical (unpaired) electrons. The summed E-state index contributed by atoms with van der Waals surface area (Å²) >= 11 is 0. The molecule has 1 amide bonds. The molecule has 90 valence electrons. The summed E-state index contributed by atoms with van der Waals surface area (Å²) in [5, 5.41) is 8.69. The highest BCUT2D eigenvalue weighted by atomic mass is 16.2. The number of anilines is 2. The van der Waals surface area contributed by atoms with E-state index in [9.17, 15) is 4.79 Å². The van der Waals surface area contributed by atoms with E-state index in [0.29, 0.717) is 17.1 Å². The van der Waals surface area contributed by atoms with E-state index in [2.05, 4.69) is 4.98 Å². The van der Waals surface area contributed by atoms with Gasteiger partial charge in [-0.2, -0.15) is 5.26 Å². The Morgan fingerprint density at radius 2 is 2.18 bits per heavy atom. The van der Waals surface area contributed by atoms with E-state index in [-0.39, 0.29) is 12.5 Å². The largest absolute Gasteiger partial charge is 0.396 e. The predicted molar refractivity (Wildman–Crippen MR) is 65.3 cm³/mol. The molecule has 1 heterocycles. The first kappa shape index (κ1) is 12.8. The molecule has 0 aliphatic heterocycles. The number of aromatic nitrogens is 1. The molecule has 2 N–H and O–H groups in total. The van der Waals surface area contributed by atoms with E-state index in [1.165, 1.54) is 11.1 Å². The topological polar surface area (TPSA) is 86.2 Å². The van der Waals surface area contributed by atoms with Gasteiger partial charge in [-0.1, -0.05) is 0 Å². The van der Waals surface area contributed by atoms with Gasteiger partial charge in [0.05, 0.1) is 17.8 Å². The smallest absolute Gasteiger partial charge is 0.241 e. The summed E-state index contributed by atoms with van der Waals surface area (Å²) in [5.41, 5.74) is 6.56. The van der Waals surface area contributed by atoms with Gasteiger partial charge in [0, 0.05) is 27.3 Å². The van der Waals surface area contributed by atoms with E-state index in [4.69, 9.17) is 11.0 Å². The standard InChI is InChI=1S/C11H15N5O/c1-15(2)10(17)7-16(3)11-9(13)4-8(5-12)6-14-11/h4,6H,7,13H2,1-3H3. The Kier molecular flexibility index (Phi) is 3.88. The quantitative estimate of drug-likeness (QED) is 0.797. The minimum atomic E-state index is -0.0435. The van der Waals surface area contributed by atoms with Crippen LogP contribution in [0.15, 0.2) is 12.3 Å². The minimum absolute atomic E-state index is 0.0435. The van der Waals surface area contributed by atoms with Gasteiger partial charge in [0.25, 0.3) is 0 Å². The number of nitrogen functional groups attached to an aromatic ring is 1. The number of likely N-dealkylation sites (N-methyl/N-ethyl adjacent to an activating group) is 2. The van der Waals surface area contributed by atoms with Crippen LogP contribution in [0.1, 0.15) is 5.56 Å². The summed E-state index contributed by atoms with van der Waals surface area (Å²) in [6.07, 6.45) is 1.43. The second kappa shape index (κ2) is 5.16. The van der Waals surface area contributed by atoms with Gasteiger partial charge in [0.15, 0.2) is 5.82 Å². The van der Waals surface area contributed by atoms with E-state index < -0.39 is 0 Å². The Balaban J connectivity index is 2.87. The minimum Gasteiger partial charge on any atom is -0.396 e. The highest BCUT2D eigenvalue weighted by molar-refractivity contribution is 5.81. The zero-order chi connectivity index (χ0) is 13.0. The normalized spacial score (nSPS) is 9.53. The molecule has 0 aliphatic carbocycles. The lowest BCUT2D eigenvalue weighted by atomic mass is 10.2. The molecular weight excluding hydrogens is 218 g/mol. The fraction of sp³-hybridized carbons (Fsp3) is 0.364. The third-order valence-electron chi connectivity index (χ3n) is 2.26. The molecule has 6 nitrogen and oxygen atoms in total. The van der Waals surface area contributed by atoms with Gasteiger partial charge in [-0.05, 0) is 6.07 Å². The fourth-order valence-corrected chi connectivity index (χ4v) is 1.27. The maximum atomic E-state index is 11.5. The Bertz CT molecular complexity index is 463. The Hall–Kier alpha value is -2.29. The van der Waals surface area contributed by atoms with Crippen molar-refractivity contribution in [1.82, 2.24) is 9.88 Å². The summed E-state index contributed by atoms with van der Waals surface area (Å²) < 4.78 is 0. The van der Waals surface area contributed by atoms with Crippen molar-refractivity contribution < 1.29 is 4.79 Å². The number of carbonyl (C=O) groups is 1. The summed E-state index contributed by atoms with van der Waals surface area (Å²) in [4.78, 5) is 18.7. The van der Waals surface area contributed by atoms with Crippen LogP contribution < -0.4 is 10.6 Å². The van der Waals surface area contributed by atoms with Crippen LogP contribution in [0.2, 0.25) is 0 Å². The molecule has 0 aliphatic rings. The summed E-state index contributed by atoms with van der Waals surface area (Å²) in [5.74, 6) is 0.456. The molecule has 1 aromatic heterocycles. The number of nitriles is 1. The van der Waals surface area contributed by atoms with Crippen molar-refractivity contribution >= 4 is 17.4 Å². The summed E-state index contributed by atoms with van der Waals surface area (Å²) in [6, 6.07) is 3.50. The third-order valence-corrected chi connectivity index (χ3v) is 2.26. The number of carbonyl (C=O) groups excluding carboxylic acids is 1. The molecule has 17 heavy (non-hydrogen) atoms. The van der Waals surface area contributed by atoms with Crippen LogP contribution in [0.4, 0.5) is 11.5 Å². The molecule has 0 bridgehead atoms. The highest BCUT2D eigenvalue weighted by Gasteiger charge is 2.12. The van der Waals surface area contributed by atoms with Gasteiger partial charge >= 0.3 is 0 Å². The number of rotatable bonds is 3. The van der Waals surface area contributed by atoms with Crippen molar-refractivity contribution in [2.24, 2.45) is 0 Å². The Morgan fingerprint density at radius 1 is 1.53 bits per heavy atom. The molecule has 0 aromatic carbocycles. The first-order valence-corrected chi connectivity index (χ1v) is 5.02. The van der Waals surface area contributed by atoms with Crippen molar-refractivity contribution in [2.75, 3.05) is 38.3 Å². The predicted octanol–water partition coefficient (Wildman–Crippen LogP) is 0.0599. The van der Waals surface area contributed by atoms with Crippen molar-refractivity contribution in [3.63, 3.8) is 0 Å². The maximum absolute atomic E-state index is 11.5. The number of nitrogens with two attached hydrogens (primary N) is 1. The number of pyridine rings is 1. The van der Waals surface area contributed by atoms with Gasteiger partial charge in [-0.3, -0.25) is 4.79 Å². The van der Waals surface area contributed by atoms with Gasteiger partial charge in [-0.25, -0.2) is 4.98 Å². The monoisotopic (exact) mass is 233 g/mol. The van der Waals surface area contributed by atoms with E-state index in [1.54, 1.807) is 32.1 Å². The van der Waals surface area contributed by atoms with Crippen molar-refractivity contribution in [3.05, 3.63) is 17.8 Å². The van der Waals surface area contributed by atoms with E-state index in [1.807, 2.05) is 6.07 Å². The fourth-order valence-electron chi connectivity index (χ4n) is 1.27. The molecule has 1 aromatic rings. The van der Waals surface area contributed by atoms with E-state index >= 15 is 0 Å². The van der Waals surface area contributed by atoms with Crippen LogP contribution in [0.3, 0.4) is 0 Å². The molecule has 0 fully saturated rings. The van der Waals surface area contributed by atoms with E-state index in [0.717, 1.165) is 0 Å². The van der Waals surface area contributed by atoms with Crippen molar-refractivity contribution in [2.45, 2.75) is 0 Å². The number of amides is 1. The first-order valence-electron chi connectivity index (χ1n) is 5.02. The van der Waals surface area contributed by atoms with Crippen molar-refractivity contribution in [3.8, 4) is 6.07 Å². The molecule has 6 heteroatoms. The second-order valence-corrected chi connectivity index (χ2v) is 3.89. The zero-order valence-electron chi connectivity index (χ0n) is 10.1. The van der Waals surface area contributed by atoms with Crippen LogP contribution in [0.25, 0.3) is 0 Å². The third kappa shape index (κ3) is 3.08. The Labute approximate surface area is 100 Å². The number of nitrogens with zero attached hydrogens (tertiary/aromatic N) is 4. The number of hydrogen-bond acceptors (Lipinski definition) is 5. The van der Waals surface area contributed by atoms with Gasteiger partial charge in [0.2, 0.25) is 5.91 Å². The molecule has 0 spiro atoms. The summed E-state index contributed by atoms with van der Waals surface area (Å²) in [6.45, 7) is 0.191. The van der Waals surface area contributed by atoms with Gasteiger partial charge in [-0.15, -0.1) is 0 Å². The van der Waals surface area contributed by atoms with Crippen LogP contribution in [-0.2, 0) is 4.79 Å². The first-order chi connectivity index (χ1) is 7.95. The molecular formula is C11H15N5O. The molecule has 0 atom stereocenters. The summed E-state index contributed by atoms with van der Waals surface area (Å²) in [7, 11) is 5.10. The Morgan fingerprint density at radius 3 is 2.65 bits per heavy atom. The second-order valence-electron chi connectivity index (χ2n) is 3.89. The van der Waals surface area contributed by atoms with Crippen molar-refractivity contribution in [1.29, 1.82) is 5.26 Å². The van der Waals surface area contributed by atoms with Gasteiger partial charge < -0.3 is 15.5 Å². The van der Waals surface area contributed by atoms with Crippen LogP contribution >= 0.6 is 0 Å². The molecule has 0 saturated carbocycles. The number of hydrogen-bond donors (Lipinski definition) is 1. The van der Waals surface area contributed by atoms with Gasteiger partial charge in [0.1, 0.15) is 6.07 Å². The van der Waals surface area contributed by atoms with Crippen LogP contribution in [0.5, 0.6) is 0 Å². The average molecular weight is 233 g/mol. The molecule has 0 saturated heterocycles. The molecule has 1 rings (SSSR count). The lowest BCUT2D eigenvalue weighted by Gasteiger charge is -2.21. The highest BCUT2D eigenvalue weighted by Crippen LogP contribution is 2.19. The maximum Gasteiger partial charge on any atom is 0.241 e. The molecule has 0 unspecified atom stereocenters. The lowest BCUT2D eigenvalue weighted by Crippen LogP contribution is -2.35. The average Bonchev–Trinajstić information content (AvgIpc) is 2.28. The lowest BCUT2D eigenvalue weighted by molar-refractivity contribution is -0.127.